The van der Waals surface area contributed by atoms with Crippen molar-refractivity contribution >= 4 is 17.5 Å². The van der Waals surface area contributed by atoms with Crippen LogP contribution in [0.3, 0.4) is 0 Å². The predicted octanol–water partition coefficient (Wildman–Crippen LogP) is 2.52. The van der Waals surface area contributed by atoms with Gasteiger partial charge in [-0.15, -0.1) is 0 Å². The summed E-state index contributed by atoms with van der Waals surface area (Å²) in [5.74, 6) is -0.920. The van der Waals surface area contributed by atoms with Crippen LogP contribution in [0, 0.1) is 5.82 Å². The number of hydrogen-bond donors (Lipinski definition) is 1. The number of benzene rings is 2. The molecule has 2 aliphatic heterocycles. The monoisotopic (exact) mass is 367 g/mol. The molecule has 140 valence electrons. The van der Waals surface area contributed by atoms with Gasteiger partial charge in [0.15, 0.2) is 0 Å². The summed E-state index contributed by atoms with van der Waals surface area (Å²) < 4.78 is 14.4. The van der Waals surface area contributed by atoms with E-state index in [4.69, 9.17) is 5.73 Å². The van der Waals surface area contributed by atoms with Crippen LogP contribution in [0.25, 0.3) is 0 Å². The highest BCUT2D eigenvalue weighted by Gasteiger charge is 2.35. The van der Waals surface area contributed by atoms with Crippen LogP contribution in [-0.2, 0) is 4.79 Å². The summed E-state index contributed by atoms with van der Waals surface area (Å²) >= 11 is 0. The van der Waals surface area contributed by atoms with Crippen LogP contribution in [-0.4, -0.2) is 42.4 Å². The Kier molecular flexibility index (Phi) is 4.66. The van der Waals surface area contributed by atoms with E-state index in [2.05, 4.69) is 0 Å². The van der Waals surface area contributed by atoms with Gasteiger partial charge in [-0.2, -0.15) is 0 Å². The molecule has 2 aliphatic rings. The molecule has 2 fully saturated rings. The van der Waals surface area contributed by atoms with Crippen molar-refractivity contribution in [3.63, 3.8) is 0 Å². The lowest BCUT2D eigenvalue weighted by Gasteiger charge is -2.20. The van der Waals surface area contributed by atoms with Gasteiger partial charge in [0.2, 0.25) is 5.91 Å². The molecule has 0 unspecified atom stereocenters. The molecule has 0 bridgehead atoms. The second-order valence-corrected chi connectivity index (χ2v) is 7.20. The molecule has 2 heterocycles. The van der Waals surface area contributed by atoms with Crippen molar-refractivity contribution < 1.29 is 14.0 Å². The molecule has 2 saturated heterocycles. The number of amides is 2. The lowest BCUT2D eigenvalue weighted by Crippen LogP contribution is -2.33. The van der Waals surface area contributed by atoms with Gasteiger partial charge in [0, 0.05) is 43.7 Å². The zero-order valence-corrected chi connectivity index (χ0v) is 15.0. The van der Waals surface area contributed by atoms with Crippen molar-refractivity contribution in [1.29, 1.82) is 0 Å². The van der Waals surface area contributed by atoms with Gasteiger partial charge in [-0.3, -0.25) is 9.59 Å². The molecule has 2 aromatic rings. The molecule has 2 amide bonds. The van der Waals surface area contributed by atoms with Crippen molar-refractivity contribution in [3.05, 3.63) is 65.5 Å². The Bertz CT molecular complexity index is 871. The first-order valence-electron chi connectivity index (χ1n) is 9.24. The van der Waals surface area contributed by atoms with Crippen LogP contribution in [0.4, 0.5) is 10.1 Å². The van der Waals surface area contributed by atoms with Crippen LogP contribution in [0.15, 0.2) is 48.5 Å². The molecule has 0 aliphatic carbocycles. The number of anilines is 1. The van der Waals surface area contributed by atoms with Crippen LogP contribution >= 0.6 is 0 Å². The Balaban J connectivity index is 1.57. The molecule has 0 saturated carbocycles. The standard InChI is InChI=1S/C21H22FN3O2/c22-18-9-8-15(25-10-4-7-20(25)26)11-16(18)21(27)24-12-17(19(23)13-24)14-5-2-1-3-6-14/h1-3,5-6,8-9,11,17,19H,4,7,10,12-13,23H2/t17-,19+/m0/s1. The van der Waals surface area contributed by atoms with Crippen LogP contribution in [0.5, 0.6) is 0 Å². The first kappa shape index (κ1) is 17.7. The summed E-state index contributed by atoms with van der Waals surface area (Å²) in [6.07, 6.45) is 1.26. The van der Waals surface area contributed by atoms with E-state index in [0.717, 1.165) is 12.0 Å². The summed E-state index contributed by atoms with van der Waals surface area (Å²) in [5, 5.41) is 0. The number of likely N-dealkylation sites (tertiary alicyclic amines) is 1. The molecule has 0 aromatic heterocycles. The molecule has 2 aromatic carbocycles. The third-order valence-electron chi connectivity index (χ3n) is 5.45. The largest absolute Gasteiger partial charge is 0.336 e. The molecule has 27 heavy (non-hydrogen) atoms. The number of hydrogen-bond acceptors (Lipinski definition) is 3. The zero-order chi connectivity index (χ0) is 19.0. The molecule has 0 radical (unpaired) electrons. The fraction of sp³-hybridized carbons (Fsp3) is 0.333. The first-order chi connectivity index (χ1) is 13.0. The first-order valence-corrected chi connectivity index (χ1v) is 9.24. The van der Waals surface area contributed by atoms with E-state index in [0.29, 0.717) is 31.7 Å². The average Bonchev–Trinajstić information content (AvgIpc) is 3.28. The molecule has 5 nitrogen and oxygen atoms in total. The van der Waals surface area contributed by atoms with E-state index in [1.807, 2.05) is 30.3 Å². The number of nitrogens with two attached hydrogens (primary N) is 1. The minimum absolute atomic E-state index is 0.00638. The van der Waals surface area contributed by atoms with Crippen LogP contribution in [0.1, 0.15) is 34.7 Å². The van der Waals surface area contributed by atoms with Crippen molar-refractivity contribution in [2.45, 2.75) is 24.8 Å². The van der Waals surface area contributed by atoms with Gasteiger partial charge < -0.3 is 15.5 Å². The number of rotatable bonds is 3. The molecular weight excluding hydrogens is 345 g/mol. The Labute approximate surface area is 157 Å². The van der Waals surface area contributed by atoms with E-state index < -0.39 is 5.82 Å². The van der Waals surface area contributed by atoms with Crippen molar-refractivity contribution in [3.8, 4) is 0 Å². The van der Waals surface area contributed by atoms with Crippen molar-refractivity contribution in [2.75, 3.05) is 24.5 Å². The molecule has 4 rings (SSSR count). The maximum absolute atomic E-state index is 14.4. The van der Waals surface area contributed by atoms with Crippen LogP contribution < -0.4 is 10.6 Å². The second-order valence-electron chi connectivity index (χ2n) is 7.20. The normalized spacial score (nSPS) is 22.5. The SMILES string of the molecule is N[C@@H]1CN(C(=O)c2cc(N3CCCC3=O)ccc2F)C[C@H]1c1ccccc1. The van der Waals surface area contributed by atoms with Crippen LogP contribution in [0.2, 0.25) is 0 Å². The number of halogens is 1. The van der Waals surface area contributed by atoms with Gasteiger partial charge >= 0.3 is 0 Å². The summed E-state index contributed by atoms with van der Waals surface area (Å²) in [6.45, 7) is 1.43. The summed E-state index contributed by atoms with van der Waals surface area (Å²) in [5.41, 5.74) is 7.91. The lowest BCUT2D eigenvalue weighted by atomic mass is 9.95. The Morgan fingerprint density at radius 1 is 1.11 bits per heavy atom. The van der Waals surface area contributed by atoms with Gasteiger partial charge in [0.05, 0.1) is 5.56 Å². The minimum Gasteiger partial charge on any atom is -0.336 e. The average molecular weight is 367 g/mol. The molecule has 2 atom stereocenters. The van der Waals surface area contributed by atoms with E-state index in [1.54, 1.807) is 15.9 Å². The molecule has 0 spiro atoms. The highest BCUT2D eigenvalue weighted by molar-refractivity contribution is 5.99. The Morgan fingerprint density at radius 3 is 2.59 bits per heavy atom. The second kappa shape index (κ2) is 7.12. The molecule has 2 N–H and O–H groups in total. The van der Waals surface area contributed by atoms with E-state index in [9.17, 15) is 14.0 Å². The fourth-order valence-electron chi connectivity index (χ4n) is 3.98. The van der Waals surface area contributed by atoms with E-state index in [-0.39, 0.29) is 29.3 Å². The number of carbonyl (C=O) groups excluding carboxylic acids is 2. The molecular formula is C21H22FN3O2. The van der Waals surface area contributed by atoms with Crippen molar-refractivity contribution in [2.24, 2.45) is 5.73 Å². The van der Waals surface area contributed by atoms with Gasteiger partial charge in [0.1, 0.15) is 5.82 Å². The number of carbonyl (C=O) groups is 2. The highest BCUT2D eigenvalue weighted by Crippen LogP contribution is 2.29. The fourth-order valence-corrected chi connectivity index (χ4v) is 3.98. The highest BCUT2D eigenvalue weighted by atomic mass is 19.1. The smallest absolute Gasteiger partial charge is 0.256 e. The third-order valence-corrected chi connectivity index (χ3v) is 5.45. The summed E-state index contributed by atoms with van der Waals surface area (Å²) in [7, 11) is 0. The quantitative estimate of drug-likeness (QED) is 0.907. The molecule has 6 heteroatoms. The number of nitrogens with zero attached hydrogens (tertiary/aromatic N) is 2. The maximum Gasteiger partial charge on any atom is 0.256 e. The van der Waals surface area contributed by atoms with Gasteiger partial charge in [0.25, 0.3) is 5.91 Å². The predicted molar refractivity (Wildman–Crippen MR) is 101 cm³/mol. The van der Waals surface area contributed by atoms with E-state index >= 15 is 0 Å². The topological polar surface area (TPSA) is 66.6 Å². The lowest BCUT2D eigenvalue weighted by molar-refractivity contribution is -0.117. The third kappa shape index (κ3) is 3.32. The Morgan fingerprint density at radius 2 is 1.89 bits per heavy atom. The van der Waals surface area contributed by atoms with Gasteiger partial charge in [-0.1, -0.05) is 30.3 Å². The van der Waals surface area contributed by atoms with Crippen molar-refractivity contribution in [1.82, 2.24) is 4.90 Å². The summed E-state index contributed by atoms with van der Waals surface area (Å²) in [4.78, 5) is 28.1. The van der Waals surface area contributed by atoms with Gasteiger partial charge in [-0.05, 0) is 30.2 Å². The maximum atomic E-state index is 14.4. The Hall–Kier alpha value is -2.73. The van der Waals surface area contributed by atoms with E-state index in [1.165, 1.54) is 12.1 Å². The van der Waals surface area contributed by atoms with Gasteiger partial charge in [-0.25, -0.2) is 4.39 Å². The zero-order valence-electron chi connectivity index (χ0n) is 15.0. The summed E-state index contributed by atoms with van der Waals surface area (Å²) in [6, 6.07) is 13.9. The minimum atomic E-state index is -0.577.